The van der Waals surface area contributed by atoms with E-state index in [1.165, 1.54) is 14.5 Å². The van der Waals surface area contributed by atoms with Crippen molar-refractivity contribution in [1.29, 1.82) is 5.26 Å². The Labute approximate surface area is 110 Å². The number of hydrogen-bond acceptors (Lipinski definition) is 1. The zero-order valence-electron chi connectivity index (χ0n) is 9.58. The van der Waals surface area contributed by atoms with E-state index in [0.717, 1.165) is 5.56 Å². The van der Waals surface area contributed by atoms with E-state index in [1.807, 2.05) is 12.1 Å². The maximum absolute atomic E-state index is 8.90. The first-order valence-electron chi connectivity index (χ1n) is 5.14. The maximum atomic E-state index is 8.90. The molecule has 0 radical (unpaired) electrons. The van der Waals surface area contributed by atoms with Crippen LogP contribution in [0.25, 0.3) is 10.9 Å². The predicted molar refractivity (Wildman–Crippen MR) is 78.1 cm³/mol. The summed E-state index contributed by atoms with van der Waals surface area (Å²) in [5.41, 5.74) is 1.99. The van der Waals surface area contributed by atoms with Gasteiger partial charge in [0.1, 0.15) is 0 Å². The van der Waals surface area contributed by atoms with Gasteiger partial charge in [0.05, 0.1) is 11.6 Å². The molecule has 1 aromatic carbocycles. The zero-order chi connectivity index (χ0) is 11.9. The van der Waals surface area contributed by atoms with E-state index >= 15 is 0 Å². The molecule has 2 nitrogen and oxygen atoms in total. The Morgan fingerprint density at radius 1 is 1.31 bits per heavy atom. The van der Waals surface area contributed by atoms with E-state index in [-0.39, 0.29) is 0 Å². The minimum atomic E-state index is -1.38. The second kappa shape index (κ2) is 3.89. The normalized spacial score (nSPS) is 11.7. The van der Waals surface area contributed by atoms with Crippen LogP contribution >= 0.6 is 22.6 Å². The van der Waals surface area contributed by atoms with Crippen molar-refractivity contribution in [1.82, 2.24) is 4.23 Å². The summed E-state index contributed by atoms with van der Waals surface area (Å²) >= 11 is 2.34. The van der Waals surface area contributed by atoms with Crippen LogP contribution < -0.4 is 0 Å². The topological polar surface area (TPSA) is 28.7 Å². The molecule has 0 saturated heterocycles. The van der Waals surface area contributed by atoms with E-state index in [1.54, 1.807) is 0 Å². The van der Waals surface area contributed by atoms with Crippen molar-refractivity contribution in [3.63, 3.8) is 0 Å². The van der Waals surface area contributed by atoms with E-state index in [9.17, 15) is 0 Å². The molecular weight excluding hydrogens is 327 g/mol. The predicted octanol–water partition coefficient (Wildman–Crippen LogP) is 3.80. The number of rotatable bonds is 1. The van der Waals surface area contributed by atoms with Crippen molar-refractivity contribution >= 4 is 41.7 Å². The third kappa shape index (κ3) is 1.89. The first-order chi connectivity index (χ1) is 7.43. The van der Waals surface area contributed by atoms with Crippen molar-refractivity contribution in [3.8, 4) is 6.07 Å². The second-order valence-electron chi connectivity index (χ2n) is 4.86. The lowest BCUT2D eigenvalue weighted by Gasteiger charge is -2.19. The van der Waals surface area contributed by atoms with E-state index in [0.29, 0.717) is 0 Å². The maximum Gasteiger partial charge on any atom is 0.152 e. The number of benzene rings is 1. The van der Waals surface area contributed by atoms with Gasteiger partial charge in [0.2, 0.25) is 0 Å². The summed E-state index contributed by atoms with van der Waals surface area (Å²) in [6, 6.07) is 8.13. The van der Waals surface area contributed by atoms with Crippen LogP contribution in [0.4, 0.5) is 0 Å². The van der Waals surface area contributed by atoms with Crippen molar-refractivity contribution < 1.29 is 0 Å². The summed E-state index contributed by atoms with van der Waals surface area (Å²) in [5.74, 6) is 0. The van der Waals surface area contributed by atoms with E-state index < -0.39 is 8.24 Å². The molecule has 0 amide bonds. The summed E-state index contributed by atoms with van der Waals surface area (Å²) in [5, 5.41) is 10.1. The van der Waals surface area contributed by atoms with Crippen molar-refractivity contribution in [2.75, 3.05) is 0 Å². The molecule has 0 aliphatic rings. The molecule has 0 aliphatic heterocycles. The molecule has 1 heterocycles. The highest BCUT2D eigenvalue weighted by Crippen LogP contribution is 2.26. The van der Waals surface area contributed by atoms with Crippen molar-refractivity contribution in [3.05, 3.63) is 33.5 Å². The highest BCUT2D eigenvalue weighted by molar-refractivity contribution is 14.1. The Morgan fingerprint density at radius 3 is 2.56 bits per heavy atom. The summed E-state index contributed by atoms with van der Waals surface area (Å²) in [6.07, 6.45) is 2.21. The van der Waals surface area contributed by atoms with Gasteiger partial charge in [-0.3, -0.25) is 0 Å². The number of nitriles is 1. The molecule has 16 heavy (non-hydrogen) atoms. The van der Waals surface area contributed by atoms with Gasteiger partial charge < -0.3 is 4.23 Å². The van der Waals surface area contributed by atoms with E-state index in [2.05, 4.69) is 64.8 Å². The van der Waals surface area contributed by atoms with Crippen molar-refractivity contribution in [2.45, 2.75) is 19.6 Å². The number of aromatic nitrogens is 1. The fourth-order valence-corrected chi connectivity index (χ4v) is 4.22. The fourth-order valence-electron chi connectivity index (χ4n) is 1.81. The monoisotopic (exact) mass is 340 g/mol. The lowest BCUT2D eigenvalue weighted by Crippen LogP contribution is -2.30. The largest absolute Gasteiger partial charge is 0.374 e. The minimum absolute atomic E-state index is 0.735. The van der Waals surface area contributed by atoms with Gasteiger partial charge in [-0.15, -0.1) is 0 Å². The van der Waals surface area contributed by atoms with Crippen LogP contribution in [-0.4, -0.2) is 12.5 Å². The molecule has 0 unspecified atom stereocenters. The first kappa shape index (κ1) is 11.7. The SMILES string of the molecule is C[Si](C)(C)n1cc(I)c2cc(C#N)ccc21. The first-order valence-corrected chi connectivity index (χ1v) is 9.67. The third-order valence-electron chi connectivity index (χ3n) is 2.61. The fraction of sp³-hybridized carbons (Fsp3) is 0.250. The van der Waals surface area contributed by atoms with Gasteiger partial charge in [-0.25, -0.2) is 0 Å². The quantitative estimate of drug-likeness (QED) is 0.573. The molecule has 0 aliphatic carbocycles. The van der Waals surface area contributed by atoms with Crippen LogP contribution in [-0.2, 0) is 0 Å². The van der Waals surface area contributed by atoms with Crippen LogP contribution in [0, 0.1) is 14.9 Å². The van der Waals surface area contributed by atoms with Crippen LogP contribution in [0.3, 0.4) is 0 Å². The lowest BCUT2D eigenvalue weighted by molar-refractivity contribution is 1.20. The van der Waals surface area contributed by atoms with Crippen LogP contribution in [0.1, 0.15) is 5.56 Å². The van der Waals surface area contributed by atoms with Gasteiger partial charge in [0.15, 0.2) is 8.24 Å². The summed E-state index contributed by atoms with van der Waals surface area (Å²) in [4.78, 5) is 0. The Morgan fingerprint density at radius 2 is 2.00 bits per heavy atom. The standard InChI is InChI=1S/C12H13IN2Si/c1-16(2,3)15-8-11(13)10-6-9(7-14)4-5-12(10)15/h4-6,8H,1-3H3. The molecule has 1 aromatic heterocycles. The second-order valence-corrected chi connectivity index (χ2v) is 10.8. The average Bonchev–Trinajstić information content (AvgIpc) is 2.55. The average molecular weight is 340 g/mol. The molecule has 0 saturated carbocycles. The third-order valence-corrected chi connectivity index (χ3v) is 5.28. The van der Waals surface area contributed by atoms with Gasteiger partial charge in [-0.05, 0) is 40.8 Å². The molecule has 4 heteroatoms. The smallest absolute Gasteiger partial charge is 0.152 e. The van der Waals surface area contributed by atoms with Crippen LogP contribution in [0.15, 0.2) is 24.4 Å². The minimum Gasteiger partial charge on any atom is -0.374 e. The summed E-state index contributed by atoms with van der Waals surface area (Å²) in [6.45, 7) is 6.96. The molecule has 0 N–H and O–H groups in total. The van der Waals surface area contributed by atoms with Gasteiger partial charge in [0.25, 0.3) is 0 Å². The molecule has 2 rings (SSSR count). The number of halogens is 1. The van der Waals surface area contributed by atoms with Gasteiger partial charge >= 0.3 is 0 Å². The number of fused-ring (bicyclic) bond motifs is 1. The Bertz CT molecular complexity index is 587. The lowest BCUT2D eigenvalue weighted by atomic mass is 10.2. The summed E-state index contributed by atoms with van der Waals surface area (Å²) < 4.78 is 3.62. The molecule has 0 spiro atoms. The molecule has 0 fully saturated rings. The molecule has 0 bridgehead atoms. The van der Waals surface area contributed by atoms with E-state index in [4.69, 9.17) is 5.26 Å². The van der Waals surface area contributed by atoms with Gasteiger partial charge in [-0.1, -0.05) is 19.6 Å². The highest BCUT2D eigenvalue weighted by atomic mass is 127. The zero-order valence-corrected chi connectivity index (χ0v) is 12.7. The number of nitrogens with zero attached hydrogens (tertiary/aromatic N) is 2. The van der Waals surface area contributed by atoms with Crippen LogP contribution in [0.5, 0.6) is 0 Å². The Balaban J connectivity index is 2.78. The van der Waals surface area contributed by atoms with Crippen molar-refractivity contribution in [2.24, 2.45) is 0 Å². The summed E-state index contributed by atoms with van der Waals surface area (Å²) in [7, 11) is -1.38. The number of hydrogen-bond donors (Lipinski definition) is 0. The Kier molecular flexibility index (Phi) is 2.84. The van der Waals surface area contributed by atoms with Gasteiger partial charge in [-0.2, -0.15) is 5.26 Å². The van der Waals surface area contributed by atoms with Crippen LogP contribution in [0.2, 0.25) is 19.6 Å². The Hall–Kier alpha value is -0.803. The highest BCUT2D eigenvalue weighted by Gasteiger charge is 2.19. The molecule has 2 aromatic rings. The molecule has 0 atom stereocenters. The molecular formula is C12H13IN2Si. The molecule has 82 valence electrons. The van der Waals surface area contributed by atoms with Gasteiger partial charge in [0, 0.05) is 20.7 Å².